The summed E-state index contributed by atoms with van der Waals surface area (Å²) >= 11 is 0. The van der Waals surface area contributed by atoms with E-state index < -0.39 is 0 Å². The molecule has 0 bridgehead atoms. The quantitative estimate of drug-likeness (QED) is 0.876. The number of hydrogen-bond donors (Lipinski definition) is 2. The van der Waals surface area contributed by atoms with E-state index in [2.05, 4.69) is 17.6 Å². The Bertz CT molecular complexity index is 478. The molecule has 0 spiro atoms. The summed E-state index contributed by atoms with van der Waals surface area (Å²) in [5, 5.41) is 6.50. The number of carbonyl (C=O) groups excluding carboxylic acids is 1. The van der Waals surface area contributed by atoms with Crippen molar-refractivity contribution in [3.63, 3.8) is 0 Å². The number of nitrogens with one attached hydrogen (secondary N) is 2. The fourth-order valence-electron chi connectivity index (χ4n) is 2.96. The summed E-state index contributed by atoms with van der Waals surface area (Å²) in [5.41, 5.74) is 0.947. The topological polar surface area (TPSA) is 41.1 Å². The second-order valence-corrected chi connectivity index (χ2v) is 6.20. The van der Waals surface area contributed by atoms with E-state index in [9.17, 15) is 9.18 Å². The van der Waals surface area contributed by atoms with E-state index in [1.54, 1.807) is 12.1 Å². The summed E-state index contributed by atoms with van der Waals surface area (Å²) in [5.74, 6) is 0.0874. The molecule has 116 valence electrons. The largest absolute Gasteiger partial charge is 0.352 e. The van der Waals surface area contributed by atoms with Gasteiger partial charge in [-0.1, -0.05) is 19.1 Å². The lowest BCUT2D eigenvalue weighted by Gasteiger charge is -2.31. The van der Waals surface area contributed by atoms with Crippen molar-refractivity contribution in [1.29, 1.82) is 0 Å². The van der Waals surface area contributed by atoms with Crippen LogP contribution in [0.1, 0.15) is 38.7 Å². The third-order valence-corrected chi connectivity index (χ3v) is 4.12. The van der Waals surface area contributed by atoms with Gasteiger partial charge in [-0.2, -0.15) is 0 Å². The normalized spacial score (nSPS) is 23.6. The molecule has 0 aromatic heterocycles. The third-order valence-electron chi connectivity index (χ3n) is 4.12. The smallest absolute Gasteiger partial charge is 0.220 e. The molecule has 0 radical (unpaired) electrons. The average molecular weight is 292 g/mol. The van der Waals surface area contributed by atoms with E-state index in [0.29, 0.717) is 12.5 Å². The van der Waals surface area contributed by atoms with E-state index in [-0.39, 0.29) is 23.7 Å². The number of benzene rings is 1. The highest BCUT2D eigenvalue weighted by atomic mass is 19.1. The van der Waals surface area contributed by atoms with Crippen molar-refractivity contribution in [2.45, 2.75) is 51.6 Å². The van der Waals surface area contributed by atoms with Crippen LogP contribution in [0.5, 0.6) is 0 Å². The van der Waals surface area contributed by atoms with Crippen molar-refractivity contribution in [2.75, 3.05) is 6.54 Å². The number of halogens is 1. The van der Waals surface area contributed by atoms with Crippen molar-refractivity contribution in [3.8, 4) is 0 Å². The molecule has 0 saturated carbocycles. The summed E-state index contributed by atoms with van der Waals surface area (Å²) in [4.78, 5) is 12.1. The number of piperidine rings is 1. The van der Waals surface area contributed by atoms with Crippen LogP contribution in [-0.4, -0.2) is 24.5 Å². The van der Waals surface area contributed by atoms with Gasteiger partial charge in [0, 0.05) is 18.5 Å². The van der Waals surface area contributed by atoms with Gasteiger partial charge in [0.05, 0.1) is 0 Å². The van der Waals surface area contributed by atoms with Gasteiger partial charge in [0.1, 0.15) is 5.82 Å². The standard InChI is InChI=1S/C17H25FN2O/c1-12(9-14-5-3-6-15(18)11-14)10-17(21)20-16-7-4-8-19-13(16)2/h3,5-6,11-13,16,19H,4,7-10H2,1-2H3,(H,20,21). The highest BCUT2D eigenvalue weighted by Gasteiger charge is 2.22. The Kier molecular flexibility index (Phi) is 5.74. The molecule has 1 fully saturated rings. The first-order chi connectivity index (χ1) is 10.0. The van der Waals surface area contributed by atoms with Gasteiger partial charge in [-0.15, -0.1) is 0 Å². The maximum absolute atomic E-state index is 13.1. The second-order valence-electron chi connectivity index (χ2n) is 6.20. The summed E-state index contributed by atoms with van der Waals surface area (Å²) in [6.07, 6.45) is 3.36. The van der Waals surface area contributed by atoms with Crippen LogP contribution >= 0.6 is 0 Å². The van der Waals surface area contributed by atoms with Crippen LogP contribution in [0.2, 0.25) is 0 Å². The predicted octanol–water partition coefficient (Wildman–Crippen LogP) is 2.65. The fourth-order valence-corrected chi connectivity index (χ4v) is 2.96. The Morgan fingerprint density at radius 3 is 3.05 bits per heavy atom. The van der Waals surface area contributed by atoms with Crippen molar-refractivity contribution in [1.82, 2.24) is 10.6 Å². The Hall–Kier alpha value is -1.42. The summed E-state index contributed by atoms with van der Waals surface area (Å²) in [6, 6.07) is 7.17. The molecule has 2 N–H and O–H groups in total. The second kappa shape index (κ2) is 7.55. The van der Waals surface area contributed by atoms with Crippen molar-refractivity contribution in [3.05, 3.63) is 35.6 Å². The van der Waals surface area contributed by atoms with E-state index in [4.69, 9.17) is 0 Å². The minimum Gasteiger partial charge on any atom is -0.352 e. The molecule has 1 aliphatic heterocycles. The highest BCUT2D eigenvalue weighted by Crippen LogP contribution is 2.14. The molecule has 1 heterocycles. The van der Waals surface area contributed by atoms with Gasteiger partial charge in [-0.05, 0) is 56.3 Å². The van der Waals surface area contributed by atoms with Crippen LogP contribution in [0.4, 0.5) is 4.39 Å². The van der Waals surface area contributed by atoms with Gasteiger partial charge in [0.15, 0.2) is 0 Å². The zero-order valence-electron chi connectivity index (χ0n) is 12.9. The van der Waals surface area contributed by atoms with Crippen molar-refractivity contribution in [2.24, 2.45) is 5.92 Å². The molecule has 4 heteroatoms. The molecular weight excluding hydrogens is 267 g/mol. The SMILES string of the molecule is CC(CC(=O)NC1CCCNC1C)Cc1cccc(F)c1. The van der Waals surface area contributed by atoms with E-state index in [0.717, 1.165) is 31.4 Å². The molecular formula is C17H25FN2O. The van der Waals surface area contributed by atoms with Crippen molar-refractivity contribution < 1.29 is 9.18 Å². The molecule has 1 aliphatic rings. The Morgan fingerprint density at radius 2 is 2.33 bits per heavy atom. The predicted molar refractivity (Wildman–Crippen MR) is 82.5 cm³/mol. The monoisotopic (exact) mass is 292 g/mol. The van der Waals surface area contributed by atoms with Crippen LogP contribution < -0.4 is 10.6 Å². The molecule has 3 unspecified atom stereocenters. The molecule has 1 aromatic rings. The molecule has 2 rings (SSSR count). The maximum atomic E-state index is 13.1. The van der Waals surface area contributed by atoms with Crippen LogP contribution in [0, 0.1) is 11.7 Å². The fraction of sp³-hybridized carbons (Fsp3) is 0.588. The first kappa shape index (κ1) is 16.0. The maximum Gasteiger partial charge on any atom is 0.220 e. The number of hydrogen-bond acceptors (Lipinski definition) is 2. The minimum absolute atomic E-state index is 0.0967. The third kappa shape index (κ3) is 5.12. The average Bonchev–Trinajstić information content (AvgIpc) is 2.41. The van der Waals surface area contributed by atoms with Gasteiger partial charge in [-0.25, -0.2) is 4.39 Å². The van der Waals surface area contributed by atoms with E-state index >= 15 is 0 Å². The first-order valence-corrected chi connectivity index (χ1v) is 7.82. The highest BCUT2D eigenvalue weighted by molar-refractivity contribution is 5.76. The molecule has 1 amide bonds. The molecule has 1 aromatic carbocycles. The van der Waals surface area contributed by atoms with Crippen LogP contribution in [-0.2, 0) is 11.2 Å². The number of rotatable bonds is 5. The van der Waals surface area contributed by atoms with E-state index in [1.807, 2.05) is 13.0 Å². The zero-order valence-corrected chi connectivity index (χ0v) is 12.9. The molecule has 0 aliphatic carbocycles. The van der Waals surface area contributed by atoms with Gasteiger partial charge >= 0.3 is 0 Å². The Morgan fingerprint density at radius 1 is 1.52 bits per heavy atom. The lowest BCUT2D eigenvalue weighted by atomic mass is 9.96. The van der Waals surface area contributed by atoms with Crippen LogP contribution in [0.3, 0.4) is 0 Å². The zero-order chi connectivity index (χ0) is 15.2. The molecule has 3 atom stereocenters. The Balaban J connectivity index is 1.79. The Labute approximate surface area is 126 Å². The molecule has 21 heavy (non-hydrogen) atoms. The summed E-state index contributed by atoms with van der Waals surface area (Å²) in [7, 11) is 0. The number of carbonyl (C=O) groups is 1. The minimum atomic E-state index is -0.216. The lowest BCUT2D eigenvalue weighted by molar-refractivity contribution is -0.123. The van der Waals surface area contributed by atoms with E-state index in [1.165, 1.54) is 6.07 Å². The van der Waals surface area contributed by atoms with Crippen LogP contribution in [0.25, 0.3) is 0 Å². The lowest BCUT2D eigenvalue weighted by Crippen LogP contribution is -2.52. The first-order valence-electron chi connectivity index (χ1n) is 7.82. The van der Waals surface area contributed by atoms with Crippen LogP contribution in [0.15, 0.2) is 24.3 Å². The molecule has 1 saturated heterocycles. The van der Waals surface area contributed by atoms with Gasteiger partial charge in [0.2, 0.25) is 5.91 Å². The van der Waals surface area contributed by atoms with Gasteiger partial charge in [0.25, 0.3) is 0 Å². The number of amides is 1. The van der Waals surface area contributed by atoms with Gasteiger partial charge in [-0.3, -0.25) is 4.79 Å². The molecule has 3 nitrogen and oxygen atoms in total. The summed E-state index contributed by atoms with van der Waals surface area (Å²) in [6.45, 7) is 5.18. The summed E-state index contributed by atoms with van der Waals surface area (Å²) < 4.78 is 13.1. The van der Waals surface area contributed by atoms with Gasteiger partial charge < -0.3 is 10.6 Å². The van der Waals surface area contributed by atoms with Crippen molar-refractivity contribution >= 4 is 5.91 Å².